The first-order valence-corrected chi connectivity index (χ1v) is 11.7. The number of fused-ring (bicyclic) bond motifs is 4. The number of hydrazone groups is 1. The number of para-hydroxylation sites is 1. The van der Waals surface area contributed by atoms with E-state index >= 15 is 0 Å². The van der Waals surface area contributed by atoms with Crippen LogP contribution in [0.4, 0.5) is 0 Å². The van der Waals surface area contributed by atoms with Gasteiger partial charge in [0, 0.05) is 28.0 Å². The van der Waals surface area contributed by atoms with Crippen molar-refractivity contribution in [1.82, 2.24) is 5.01 Å². The molecule has 0 unspecified atom stereocenters. The molecule has 3 aromatic carbocycles. The van der Waals surface area contributed by atoms with Gasteiger partial charge in [0.2, 0.25) is 6.23 Å². The third kappa shape index (κ3) is 3.22. The van der Waals surface area contributed by atoms with Gasteiger partial charge in [-0.3, -0.25) is 0 Å². The zero-order valence-electron chi connectivity index (χ0n) is 17.2. The van der Waals surface area contributed by atoms with Crippen molar-refractivity contribution in [2.24, 2.45) is 5.10 Å². The summed E-state index contributed by atoms with van der Waals surface area (Å²) in [7, 11) is 0. The molecule has 0 aromatic heterocycles. The Balaban J connectivity index is 1.40. The maximum Gasteiger partial charge on any atom is 0.213 e. The Labute approximate surface area is 185 Å². The van der Waals surface area contributed by atoms with E-state index in [0.29, 0.717) is 13.2 Å². The van der Waals surface area contributed by atoms with Gasteiger partial charge in [-0.1, -0.05) is 30.3 Å². The lowest BCUT2D eigenvalue weighted by molar-refractivity contribution is -0.0190. The van der Waals surface area contributed by atoms with E-state index in [9.17, 15) is 0 Å². The lowest BCUT2D eigenvalue weighted by atomic mass is 9.96. The summed E-state index contributed by atoms with van der Waals surface area (Å²) < 4.78 is 17.9. The van der Waals surface area contributed by atoms with Gasteiger partial charge in [0.1, 0.15) is 19.0 Å². The number of ether oxygens (including phenoxy) is 3. The number of hydrogen-bond acceptors (Lipinski definition) is 6. The molecule has 31 heavy (non-hydrogen) atoms. The first kappa shape index (κ1) is 18.6. The zero-order chi connectivity index (χ0) is 20.8. The summed E-state index contributed by atoms with van der Waals surface area (Å²) in [5, 5.41) is 7.17. The van der Waals surface area contributed by atoms with Crippen LogP contribution in [0.5, 0.6) is 17.2 Å². The minimum absolute atomic E-state index is 0.137. The third-order valence-corrected chi connectivity index (χ3v) is 6.72. The Morgan fingerprint density at radius 1 is 0.903 bits per heavy atom. The third-order valence-electron chi connectivity index (χ3n) is 5.98. The van der Waals surface area contributed by atoms with Crippen LogP contribution in [0.2, 0.25) is 0 Å². The molecule has 5 nitrogen and oxygen atoms in total. The second kappa shape index (κ2) is 7.54. The van der Waals surface area contributed by atoms with Crippen molar-refractivity contribution in [3.8, 4) is 17.2 Å². The molecule has 0 radical (unpaired) electrons. The predicted octanol–water partition coefficient (Wildman–Crippen LogP) is 5.42. The molecule has 0 fully saturated rings. The van der Waals surface area contributed by atoms with Crippen LogP contribution >= 0.6 is 11.8 Å². The van der Waals surface area contributed by atoms with E-state index in [4.69, 9.17) is 19.3 Å². The average molecular weight is 431 g/mol. The largest absolute Gasteiger partial charge is 0.486 e. The molecule has 3 aliphatic heterocycles. The van der Waals surface area contributed by atoms with Gasteiger partial charge in [0.05, 0.1) is 11.8 Å². The number of benzene rings is 3. The molecule has 3 heterocycles. The summed E-state index contributed by atoms with van der Waals surface area (Å²) in [4.78, 5) is 1.23. The second-order valence-electron chi connectivity index (χ2n) is 7.79. The fourth-order valence-electron chi connectivity index (χ4n) is 4.42. The van der Waals surface area contributed by atoms with Crippen LogP contribution in [-0.4, -0.2) is 30.2 Å². The summed E-state index contributed by atoms with van der Waals surface area (Å²) in [5.74, 6) is 2.52. The average Bonchev–Trinajstić information content (AvgIpc) is 3.29. The SMILES string of the molecule is CSc1ccc([C@@H]2Oc3ccccc3[C@@H]3CC(c4ccc5c(c4)OCCO5)=NN32)cc1. The van der Waals surface area contributed by atoms with Crippen LogP contribution < -0.4 is 14.2 Å². The van der Waals surface area contributed by atoms with E-state index in [0.717, 1.165) is 40.5 Å². The number of hydrogen-bond donors (Lipinski definition) is 0. The molecule has 3 aliphatic rings. The maximum atomic E-state index is 6.45. The fourth-order valence-corrected chi connectivity index (χ4v) is 4.83. The summed E-state index contributed by atoms with van der Waals surface area (Å²) >= 11 is 1.74. The van der Waals surface area contributed by atoms with E-state index < -0.39 is 0 Å². The highest BCUT2D eigenvalue weighted by Gasteiger charge is 2.41. The summed E-state index contributed by atoms with van der Waals surface area (Å²) in [6.45, 7) is 1.17. The minimum atomic E-state index is -0.259. The van der Waals surface area contributed by atoms with Crippen molar-refractivity contribution in [3.63, 3.8) is 0 Å². The van der Waals surface area contributed by atoms with Crippen LogP contribution in [0.3, 0.4) is 0 Å². The van der Waals surface area contributed by atoms with E-state index in [1.54, 1.807) is 11.8 Å². The fraction of sp³-hybridized carbons (Fsp3) is 0.240. The van der Waals surface area contributed by atoms with Gasteiger partial charge in [-0.25, -0.2) is 5.01 Å². The Bertz CT molecular complexity index is 1160. The normalized spacial score (nSPS) is 21.1. The first-order chi connectivity index (χ1) is 15.3. The molecule has 6 rings (SSSR count). The van der Waals surface area contributed by atoms with Crippen molar-refractivity contribution < 1.29 is 14.2 Å². The Morgan fingerprint density at radius 3 is 2.55 bits per heavy atom. The topological polar surface area (TPSA) is 43.3 Å². The number of thioether (sulfide) groups is 1. The molecule has 2 atom stereocenters. The van der Waals surface area contributed by atoms with Gasteiger partial charge >= 0.3 is 0 Å². The molecule has 156 valence electrons. The van der Waals surface area contributed by atoms with Crippen molar-refractivity contribution >= 4 is 17.5 Å². The Hall–Kier alpha value is -3.12. The van der Waals surface area contributed by atoms with E-state index in [-0.39, 0.29) is 12.3 Å². The molecule has 6 heteroatoms. The van der Waals surface area contributed by atoms with Gasteiger partial charge in [-0.15, -0.1) is 11.8 Å². The lowest BCUT2D eigenvalue weighted by Gasteiger charge is -2.38. The molecule has 0 spiro atoms. The quantitative estimate of drug-likeness (QED) is 0.519. The van der Waals surface area contributed by atoms with Gasteiger partial charge in [-0.2, -0.15) is 5.10 Å². The monoisotopic (exact) mass is 430 g/mol. The molecule has 3 aromatic rings. The summed E-state index contributed by atoms with van der Waals surface area (Å²) in [6, 6.07) is 23.1. The van der Waals surface area contributed by atoms with Gasteiger partial charge < -0.3 is 14.2 Å². The van der Waals surface area contributed by atoms with Crippen LogP contribution in [-0.2, 0) is 0 Å². The van der Waals surface area contributed by atoms with Crippen molar-refractivity contribution in [2.75, 3.05) is 19.5 Å². The van der Waals surface area contributed by atoms with Gasteiger partial charge in [0.15, 0.2) is 11.5 Å². The Kier molecular flexibility index (Phi) is 4.53. The first-order valence-electron chi connectivity index (χ1n) is 10.5. The molecule has 0 saturated carbocycles. The Morgan fingerprint density at radius 2 is 1.71 bits per heavy atom. The molecular weight excluding hydrogens is 408 g/mol. The maximum absolute atomic E-state index is 6.45. The van der Waals surface area contributed by atoms with E-state index in [2.05, 4.69) is 59.8 Å². The van der Waals surface area contributed by atoms with Crippen molar-refractivity contribution in [3.05, 3.63) is 83.4 Å². The highest BCUT2D eigenvalue weighted by atomic mass is 32.2. The predicted molar refractivity (Wildman–Crippen MR) is 121 cm³/mol. The molecular formula is C25H22N2O3S. The highest BCUT2D eigenvalue weighted by Crippen LogP contribution is 2.47. The van der Waals surface area contributed by atoms with Gasteiger partial charge in [0.25, 0.3) is 0 Å². The lowest BCUT2D eigenvalue weighted by Crippen LogP contribution is -2.33. The molecule has 0 aliphatic carbocycles. The molecule has 0 saturated heterocycles. The molecule has 0 bridgehead atoms. The van der Waals surface area contributed by atoms with Gasteiger partial charge in [-0.05, 0) is 42.7 Å². The smallest absolute Gasteiger partial charge is 0.213 e. The van der Waals surface area contributed by atoms with Crippen molar-refractivity contribution in [2.45, 2.75) is 23.6 Å². The molecule has 0 amide bonds. The summed E-state index contributed by atoms with van der Waals surface area (Å²) in [5.41, 5.74) is 4.38. The van der Waals surface area contributed by atoms with Crippen molar-refractivity contribution in [1.29, 1.82) is 0 Å². The van der Waals surface area contributed by atoms with Crippen LogP contribution in [0.25, 0.3) is 0 Å². The highest BCUT2D eigenvalue weighted by molar-refractivity contribution is 7.98. The summed E-state index contributed by atoms with van der Waals surface area (Å²) in [6.07, 6.45) is 2.65. The van der Waals surface area contributed by atoms with Crippen LogP contribution in [0.15, 0.2) is 76.7 Å². The minimum Gasteiger partial charge on any atom is -0.486 e. The van der Waals surface area contributed by atoms with Crippen LogP contribution in [0.1, 0.15) is 35.4 Å². The number of nitrogens with zero attached hydrogens (tertiary/aromatic N) is 2. The van der Waals surface area contributed by atoms with Crippen LogP contribution in [0, 0.1) is 0 Å². The standard InChI is InChI=1S/C25H22N2O3S/c1-31-18-9-6-16(7-10-18)25-27-21(19-4-2-3-5-22(19)30-25)15-20(26-27)17-8-11-23-24(14-17)29-13-12-28-23/h2-11,14,21,25H,12-13,15H2,1H3/t21-,25-/m0/s1. The zero-order valence-corrected chi connectivity index (χ0v) is 18.0. The van der Waals surface area contributed by atoms with E-state index in [1.165, 1.54) is 10.5 Å². The van der Waals surface area contributed by atoms with E-state index in [1.807, 2.05) is 18.2 Å². The number of rotatable bonds is 3. The second-order valence-corrected chi connectivity index (χ2v) is 8.67. The molecule has 0 N–H and O–H groups in total.